The molecule has 5 heteroatoms. The maximum absolute atomic E-state index is 10.5. The van der Waals surface area contributed by atoms with E-state index in [-0.39, 0.29) is 0 Å². The van der Waals surface area contributed by atoms with Crippen LogP contribution in [0, 0.1) is 5.92 Å². The number of hydrogen-bond donors (Lipinski definition) is 2. The number of aryl methyl sites for hydroxylation is 1. The third-order valence-corrected chi connectivity index (χ3v) is 6.27. The lowest BCUT2D eigenvalue weighted by Gasteiger charge is -2.22. The Labute approximate surface area is 134 Å². The minimum Gasteiger partial charge on any atom is -0.383 e. The minimum absolute atomic E-state index is 0.550. The third-order valence-electron chi connectivity index (χ3n) is 4.03. The molecular formula is C16H22N2OS2. The Bertz CT molecular complexity index is 589. The number of rotatable bonds is 5. The van der Waals surface area contributed by atoms with Crippen LogP contribution >= 0.6 is 22.7 Å². The van der Waals surface area contributed by atoms with E-state index in [0.29, 0.717) is 6.54 Å². The van der Waals surface area contributed by atoms with Crippen molar-refractivity contribution in [1.29, 1.82) is 0 Å². The van der Waals surface area contributed by atoms with Crippen LogP contribution in [0.3, 0.4) is 0 Å². The van der Waals surface area contributed by atoms with E-state index in [2.05, 4.69) is 12.2 Å². The maximum Gasteiger partial charge on any atom is 0.108 e. The van der Waals surface area contributed by atoms with Crippen molar-refractivity contribution >= 4 is 22.7 Å². The largest absolute Gasteiger partial charge is 0.383 e. The van der Waals surface area contributed by atoms with E-state index in [9.17, 15) is 5.11 Å². The van der Waals surface area contributed by atoms with Crippen LogP contribution in [0.2, 0.25) is 0 Å². The highest BCUT2D eigenvalue weighted by molar-refractivity contribution is 7.11. The number of thiazole rings is 1. The van der Waals surface area contributed by atoms with Gasteiger partial charge in [-0.2, -0.15) is 0 Å². The number of nitrogens with zero attached hydrogens (tertiary/aromatic N) is 1. The van der Waals surface area contributed by atoms with Gasteiger partial charge < -0.3 is 10.4 Å². The second kappa shape index (κ2) is 6.16. The summed E-state index contributed by atoms with van der Waals surface area (Å²) in [4.78, 5) is 7.21. The minimum atomic E-state index is -0.806. The molecular weight excluding hydrogens is 300 g/mol. The van der Waals surface area contributed by atoms with E-state index in [1.54, 1.807) is 11.3 Å². The highest BCUT2D eigenvalue weighted by Gasteiger charge is 2.24. The molecule has 2 heterocycles. The summed E-state index contributed by atoms with van der Waals surface area (Å²) in [6, 6.07) is 3.96. The van der Waals surface area contributed by atoms with Crippen molar-refractivity contribution in [2.45, 2.75) is 45.3 Å². The van der Waals surface area contributed by atoms with Gasteiger partial charge in [0.25, 0.3) is 0 Å². The van der Waals surface area contributed by atoms with Crippen LogP contribution in [-0.2, 0) is 25.0 Å². The molecule has 0 spiro atoms. The molecule has 21 heavy (non-hydrogen) atoms. The van der Waals surface area contributed by atoms with Crippen LogP contribution in [0.4, 0.5) is 0 Å². The lowest BCUT2D eigenvalue weighted by Crippen LogP contribution is -2.34. The zero-order valence-corrected chi connectivity index (χ0v) is 14.2. The molecule has 2 N–H and O–H groups in total. The van der Waals surface area contributed by atoms with Gasteiger partial charge in [0.1, 0.15) is 10.6 Å². The highest BCUT2D eigenvalue weighted by Crippen LogP contribution is 2.30. The van der Waals surface area contributed by atoms with Crippen molar-refractivity contribution in [3.8, 4) is 0 Å². The van der Waals surface area contributed by atoms with Crippen LogP contribution in [0.5, 0.6) is 0 Å². The van der Waals surface area contributed by atoms with Gasteiger partial charge >= 0.3 is 0 Å². The molecule has 3 nitrogen and oxygen atoms in total. The summed E-state index contributed by atoms with van der Waals surface area (Å²) in [6.45, 7) is 5.47. The standard InChI is InChI=1S/C16H22N2OS2/c1-11-5-6-12-13(8-11)21-15(18-12)9-17-10-16(2,19)14-4-3-7-20-14/h3-4,7,11,17,19H,5-6,8-10H2,1-2H3. The highest BCUT2D eigenvalue weighted by atomic mass is 32.1. The molecule has 2 aromatic heterocycles. The Kier molecular flexibility index (Phi) is 4.45. The first-order valence-corrected chi connectivity index (χ1v) is 9.19. The Balaban J connectivity index is 1.56. The van der Waals surface area contributed by atoms with Gasteiger partial charge in [-0.1, -0.05) is 13.0 Å². The van der Waals surface area contributed by atoms with E-state index >= 15 is 0 Å². The molecule has 0 aliphatic heterocycles. The Hall–Kier alpha value is -0.750. The van der Waals surface area contributed by atoms with Crippen LogP contribution in [-0.4, -0.2) is 16.6 Å². The molecule has 0 fully saturated rings. The number of thiophene rings is 1. The van der Waals surface area contributed by atoms with Crippen molar-refractivity contribution in [2.75, 3.05) is 6.54 Å². The first-order valence-electron chi connectivity index (χ1n) is 7.49. The second-order valence-electron chi connectivity index (χ2n) is 6.18. The summed E-state index contributed by atoms with van der Waals surface area (Å²) >= 11 is 3.43. The topological polar surface area (TPSA) is 45.2 Å². The van der Waals surface area contributed by atoms with Gasteiger partial charge in [0.2, 0.25) is 0 Å². The normalized spacial score (nSPS) is 21.0. The van der Waals surface area contributed by atoms with Gasteiger partial charge in [-0.3, -0.25) is 0 Å². The fourth-order valence-electron chi connectivity index (χ4n) is 2.75. The average molecular weight is 322 g/mol. The van der Waals surface area contributed by atoms with Crippen molar-refractivity contribution in [3.05, 3.63) is 38.0 Å². The van der Waals surface area contributed by atoms with Crippen molar-refractivity contribution < 1.29 is 5.11 Å². The van der Waals surface area contributed by atoms with Crippen LogP contribution in [0.1, 0.15) is 40.7 Å². The summed E-state index contributed by atoms with van der Waals surface area (Å²) in [5, 5.41) is 17.0. The van der Waals surface area contributed by atoms with Crippen molar-refractivity contribution in [3.63, 3.8) is 0 Å². The molecule has 114 valence electrons. The van der Waals surface area contributed by atoms with Gasteiger partial charge in [-0.15, -0.1) is 22.7 Å². The summed E-state index contributed by atoms with van der Waals surface area (Å²) in [7, 11) is 0. The third kappa shape index (κ3) is 3.54. The number of hydrogen-bond acceptors (Lipinski definition) is 5. The molecule has 1 aliphatic rings. The smallest absolute Gasteiger partial charge is 0.108 e. The van der Waals surface area contributed by atoms with Crippen LogP contribution in [0.15, 0.2) is 17.5 Å². The number of aliphatic hydroxyl groups is 1. The Morgan fingerprint density at radius 2 is 2.38 bits per heavy atom. The zero-order valence-electron chi connectivity index (χ0n) is 12.6. The number of nitrogens with one attached hydrogen (secondary N) is 1. The van der Waals surface area contributed by atoms with Crippen LogP contribution < -0.4 is 5.32 Å². The average Bonchev–Trinajstić information content (AvgIpc) is 3.06. The SMILES string of the molecule is CC1CCc2nc(CNCC(C)(O)c3cccs3)sc2C1. The van der Waals surface area contributed by atoms with Crippen molar-refractivity contribution in [1.82, 2.24) is 10.3 Å². The lowest BCUT2D eigenvalue weighted by atomic mass is 9.93. The first kappa shape index (κ1) is 15.2. The van der Waals surface area contributed by atoms with E-state index in [4.69, 9.17) is 4.98 Å². The number of fused-ring (bicyclic) bond motifs is 1. The predicted molar refractivity (Wildman–Crippen MR) is 88.9 cm³/mol. The van der Waals surface area contributed by atoms with Gasteiger partial charge in [0, 0.05) is 22.8 Å². The summed E-state index contributed by atoms with van der Waals surface area (Å²) < 4.78 is 0. The Morgan fingerprint density at radius 1 is 1.52 bits per heavy atom. The molecule has 0 bridgehead atoms. The van der Waals surface area contributed by atoms with E-state index in [0.717, 1.165) is 28.8 Å². The monoisotopic (exact) mass is 322 g/mol. The zero-order chi connectivity index (χ0) is 14.9. The van der Waals surface area contributed by atoms with Gasteiger partial charge in [0.15, 0.2) is 0 Å². The predicted octanol–water partition coefficient (Wildman–Crippen LogP) is 3.33. The maximum atomic E-state index is 10.5. The lowest BCUT2D eigenvalue weighted by molar-refractivity contribution is 0.0604. The van der Waals surface area contributed by atoms with Gasteiger partial charge in [-0.25, -0.2) is 4.98 Å². The molecule has 0 amide bonds. The molecule has 2 aromatic rings. The van der Waals surface area contributed by atoms with E-state index < -0.39 is 5.60 Å². The molecule has 0 saturated heterocycles. The second-order valence-corrected chi connectivity index (χ2v) is 8.30. The molecule has 2 atom stereocenters. The van der Waals surface area contributed by atoms with E-state index in [1.807, 2.05) is 35.8 Å². The fraction of sp³-hybridized carbons (Fsp3) is 0.562. The molecule has 0 saturated carbocycles. The first-order chi connectivity index (χ1) is 10.0. The summed E-state index contributed by atoms with van der Waals surface area (Å²) in [5.74, 6) is 0.790. The Morgan fingerprint density at radius 3 is 3.14 bits per heavy atom. The number of aromatic nitrogens is 1. The van der Waals surface area contributed by atoms with Gasteiger partial charge in [0.05, 0.1) is 5.69 Å². The molecule has 1 aliphatic carbocycles. The quantitative estimate of drug-likeness (QED) is 0.887. The molecule has 0 radical (unpaired) electrons. The molecule has 0 aromatic carbocycles. The summed E-state index contributed by atoms with van der Waals surface area (Å²) in [5.41, 5.74) is 0.499. The fourth-order valence-corrected chi connectivity index (χ4v) is 4.79. The molecule has 2 unspecified atom stereocenters. The van der Waals surface area contributed by atoms with E-state index in [1.165, 1.54) is 23.4 Å². The molecule has 3 rings (SSSR count). The van der Waals surface area contributed by atoms with Crippen molar-refractivity contribution in [2.24, 2.45) is 5.92 Å². The summed E-state index contributed by atoms with van der Waals surface area (Å²) in [6.07, 6.45) is 3.57. The van der Waals surface area contributed by atoms with Gasteiger partial charge in [-0.05, 0) is 43.6 Å². The van der Waals surface area contributed by atoms with Crippen LogP contribution in [0.25, 0.3) is 0 Å².